The molecule has 3 rings (SSSR count). The summed E-state index contributed by atoms with van der Waals surface area (Å²) < 4.78 is 33.4. The average Bonchev–Trinajstić information content (AvgIpc) is 3.19. The third-order valence-corrected chi connectivity index (χ3v) is 7.12. The molecule has 144 valence electrons. The first-order valence-corrected chi connectivity index (χ1v) is 11.1. The topological polar surface area (TPSA) is 75.7 Å². The Morgan fingerprint density at radius 1 is 1.15 bits per heavy atom. The van der Waals surface area contributed by atoms with Crippen molar-refractivity contribution >= 4 is 44.2 Å². The van der Waals surface area contributed by atoms with Crippen molar-refractivity contribution in [2.75, 3.05) is 25.5 Å². The van der Waals surface area contributed by atoms with E-state index in [2.05, 4.69) is 27.9 Å². The van der Waals surface area contributed by atoms with Crippen LogP contribution in [0.15, 0.2) is 41.3 Å². The van der Waals surface area contributed by atoms with Gasteiger partial charge in [0.15, 0.2) is 0 Å². The summed E-state index contributed by atoms with van der Waals surface area (Å²) in [4.78, 5) is 12.9. The fraction of sp³-hybridized carbons (Fsp3) is 0.316. The van der Waals surface area contributed by atoms with E-state index in [0.29, 0.717) is 24.5 Å². The van der Waals surface area contributed by atoms with Crippen LogP contribution in [-0.4, -0.2) is 38.8 Å². The molecule has 8 heteroatoms. The smallest absolute Gasteiger partial charge is 0.259 e. The highest BCUT2D eigenvalue weighted by Gasteiger charge is 2.28. The molecule has 1 aliphatic rings. The normalized spacial score (nSPS) is 14.9. The second-order valence-corrected chi connectivity index (χ2v) is 9.57. The van der Waals surface area contributed by atoms with E-state index in [1.54, 1.807) is 0 Å². The Hall–Kier alpha value is -1.65. The Morgan fingerprint density at radius 2 is 1.85 bits per heavy atom. The van der Waals surface area contributed by atoms with E-state index in [1.165, 1.54) is 29.6 Å². The standard InChI is InChI=1S/C19H21IN2O4S/c1-13-11-14(20)5-7-17(13)21-19(23)16-12-15(6-8-18(16)26-2)27(24,25)22-9-3-4-10-22/h5-8,11-12H,3-4,9-10H2,1-2H3,(H,21,23). The van der Waals surface area contributed by atoms with Gasteiger partial charge in [0.1, 0.15) is 5.75 Å². The second-order valence-electron chi connectivity index (χ2n) is 6.39. The number of rotatable bonds is 5. The minimum atomic E-state index is -3.61. The maximum Gasteiger partial charge on any atom is 0.259 e. The molecule has 1 aliphatic heterocycles. The molecule has 6 nitrogen and oxygen atoms in total. The van der Waals surface area contributed by atoms with Crippen LogP contribution in [0.5, 0.6) is 5.75 Å². The van der Waals surface area contributed by atoms with E-state index in [1.807, 2.05) is 25.1 Å². The summed E-state index contributed by atoms with van der Waals surface area (Å²) in [5.41, 5.74) is 1.79. The van der Waals surface area contributed by atoms with E-state index in [-0.39, 0.29) is 10.5 Å². The van der Waals surface area contributed by atoms with Gasteiger partial charge < -0.3 is 10.1 Å². The summed E-state index contributed by atoms with van der Waals surface area (Å²) >= 11 is 2.21. The maximum atomic E-state index is 12.8. The summed E-state index contributed by atoms with van der Waals surface area (Å²) in [6, 6.07) is 10.1. The maximum absolute atomic E-state index is 12.8. The fourth-order valence-electron chi connectivity index (χ4n) is 3.06. The quantitative estimate of drug-likeness (QED) is 0.637. The number of halogens is 1. The summed E-state index contributed by atoms with van der Waals surface area (Å²) in [6.45, 7) is 2.93. The van der Waals surface area contributed by atoms with Crippen molar-refractivity contribution in [1.29, 1.82) is 0 Å². The molecule has 0 aliphatic carbocycles. The number of carbonyl (C=O) groups excluding carboxylic acids is 1. The first-order chi connectivity index (χ1) is 12.8. The molecule has 0 atom stereocenters. The van der Waals surface area contributed by atoms with Gasteiger partial charge in [-0.15, -0.1) is 0 Å². The summed E-state index contributed by atoms with van der Waals surface area (Å²) in [5.74, 6) is -0.0781. The van der Waals surface area contributed by atoms with Gasteiger partial charge in [0.2, 0.25) is 10.0 Å². The highest BCUT2D eigenvalue weighted by Crippen LogP contribution is 2.28. The van der Waals surface area contributed by atoms with E-state index in [9.17, 15) is 13.2 Å². The minimum Gasteiger partial charge on any atom is -0.496 e. The Kier molecular flexibility index (Phi) is 6.07. The van der Waals surface area contributed by atoms with E-state index in [0.717, 1.165) is 22.0 Å². The van der Waals surface area contributed by atoms with E-state index < -0.39 is 15.9 Å². The van der Waals surface area contributed by atoms with Crippen LogP contribution >= 0.6 is 22.6 Å². The number of hydrogen-bond donors (Lipinski definition) is 1. The summed E-state index contributed by atoms with van der Waals surface area (Å²) in [6.07, 6.45) is 1.71. The van der Waals surface area contributed by atoms with Gasteiger partial charge in [0.25, 0.3) is 5.91 Å². The van der Waals surface area contributed by atoms with Gasteiger partial charge >= 0.3 is 0 Å². The van der Waals surface area contributed by atoms with Gasteiger partial charge in [-0.1, -0.05) is 0 Å². The molecule has 0 unspecified atom stereocenters. The highest BCUT2D eigenvalue weighted by molar-refractivity contribution is 14.1. The number of benzene rings is 2. The molecule has 0 bridgehead atoms. The zero-order valence-corrected chi connectivity index (χ0v) is 18.1. The van der Waals surface area contributed by atoms with Crippen LogP contribution in [0, 0.1) is 10.5 Å². The van der Waals surface area contributed by atoms with Crippen molar-refractivity contribution in [3.05, 3.63) is 51.1 Å². The molecule has 0 radical (unpaired) electrons. The first-order valence-electron chi connectivity index (χ1n) is 8.58. The zero-order chi connectivity index (χ0) is 19.6. The van der Waals surface area contributed by atoms with Gasteiger partial charge in [-0.05, 0) is 84.3 Å². The van der Waals surface area contributed by atoms with Gasteiger partial charge in [-0.3, -0.25) is 4.79 Å². The third-order valence-electron chi connectivity index (χ3n) is 4.56. The number of hydrogen-bond acceptors (Lipinski definition) is 4. The number of anilines is 1. The third kappa shape index (κ3) is 4.27. The van der Waals surface area contributed by atoms with Crippen LogP contribution in [-0.2, 0) is 10.0 Å². The van der Waals surface area contributed by atoms with Crippen molar-refractivity contribution in [3.63, 3.8) is 0 Å². The molecule has 1 amide bonds. The Bertz CT molecular complexity index is 970. The molecule has 0 spiro atoms. The molecule has 0 saturated carbocycles. The second kappa shape index (κ2) is 8.15. The first kappa shape index (κ1) is 20.1. The van der Waals surface area contributed by atoms with Crippen LogP contribution in [0.1, 0.15) is 28.8 Å². The van der Waals surface area contributed by atoms with Crippen LogP contribution in [0.4, 0.5) is 5.69 Å². The average molecular weight is 500 g/mol. The number of ether oxygens (including phenoxy) is 1. The zero-order valence-electron chi connectivity index (χ0n) is 15.2. The van der Waals surface area contributed by atoms with Gasteiger partial charge in [-0.2, -0.15) is 4.31 Å². The molecule has 1 heterocycles. The molecular weight excluding hydrogens is 479 g/mol. The van der Waals surface area contributed by atoms with Crippen LogP contribution in [0.3, 0.4) is 0 Å². The van der Waals surface area contributed by atoms with Gasteiger partial charge in [-0.25, -0.2) is 8.42 Å². The van der Waals surface area contributed by atoms with E-state index in [4.69, 9.17) is 4.74 Å². The predicted octanol–water partition coefficient (Wildman–Crippen LogP) is 3.65. The van der Waals surface area contributed by atoms with Gasteiger partial charge in [0, 0.05) is 22.3 Å². The number of sulfonamides is 1. The van der Waals surface area contributed by atoms with Crippen molar-refractivity contribution in [2.24, 2.45) is 0 Å². The van der Waals surface area contributed by atoms with Crippen LogP contribution < -0.4 is 10.1 Å². The molecule has 1 N–H and O–H groups in total. The van der Waals surface area contributed by atoms with Crippen molar-refractivity contribution in [2.45, 2.75) is 24.7 Å². The van der Waals surface area contributed by atoms with E-state index >= 15 is 0 Å². The lowest BCUT2D eigenvalue weighted by Gasteiger charge is -2.17. The molecule has 2 aromatic rings. The number of nitrogens with zero attached hydrogens (tertiary/aromatic N) is 1. The molecule has 27 heavy (non-hydrogen) atoms. The Labute approximate surface area is 173 Å². The molecule has 1 fully saturated rings. The number of carbonyl (C=O) groups is 1. The summed E-state index contributed by atoms with van der Waals surface area (Å²) in [7, 11) is -2.15. The molecule has 0 aromatic heterocycles. The Balaban J connectivity index is 1.94. The minimum absolute atomic E-state index is 0.106. The van der Waals surface area contributed by atoms with Crippen LogP contribution in [0.25, 0.3) is 0 Å². The van der Waals surface area contributed by atoms with Crippen LogP contribution in [0.2, 0.25) is 0 Å². The molecular formula is C19H21IN2O4S. The lowest BCUT2D eigenvalue weighted by atomic mass is 10.1. The lowest BCUT2D eigenvalue weighted by molar-refractivity contribution is 0.102. The number of aryl methyl sites for hydroxylation is 1. The van der Waals surface area contributed by atoms with Gasteiger partial charge in [0.05, 0.1) is 17.6 Å². The van der Waals surface area contributed by atoms with Crippen molar-refractivity contribution in [3.8, 4) is 5.75 Å². The fourth-order valence-corrected chi connectivity index (χ4v) is 5.25. The highest BCUT2D eigenvalue weighted by atomic mass is 127. The SMILES string of the molecule is COc1ccc(S(=O)(=O)N2CCCC2)cc1C(=O)Nc1ccc(I)cc1C. The molecule has 1 saturated heterocycles. The molecule has 2 aromatic carbocycles. The Morgan fingerprint density at radius 3 is 2.48 bits per heavy atom. The number of amides is 1. The monoisotopic (exact) mass is 500 g/mol. The predicted molar refractivity (Wildman–Crippen MR) is 113 cm³/mol. The lowest BCUT2D eigenvalue weighted by Crippen LogP contribution is -2.28. The number of methoxy groups -OCH3 is 1. The van der Waals surface area contributed by atoms with Crippen molar-refractivity contribution in [1.82, 2.24) is 4.31 Å². The number of nitrogens with one attached hydrogen (secondary N) is 1. The largest absolute Gasteiger partial charge is 0.496 e. The van der Waals surface area contributed by atoms with Crippen molar-refractivity contribution < 1.29 is 17.9 Å². The summed E-state index contributed by atoms with van der Waals surface area (Å²) in [5, 5.41) is 2.85.